The summed E-state index contributed by atoms with van der Waals surface area (Å²) in [5, 5.41) is 10.7. The molecule has 2 rings (SSSR count). The monoisotopic (exact) mass is 265 g/mol. The van der Waals surface area contributed by atoms with Gasteiger partial charge < -0.3 is 9.64 Å². The molecule has 1 aliphatic heterocycles. The van der Waals surface area contributed by atoms with Crippen LogP contribution in [-0.4, -0.2) is 36.1 Å². The number of aromatic nitrogens is 1. The summed E-state index contributed by atoms with van der Waals surface area (Å²) < 4.78 is 4.72. The average Bonchev–Trinajstić information content (AvgIpc) is 2.46. The van der Waals surface area contributed by atoms with Crippen molar-refractivity contribution in [2.24, 2.45) is 5.92 Å². The molecule has 1 fully saturated rings. The lowest BCUT2D eigenvalue weighted by atomic mass is 9.97. The van der Waals surface area contributed by atoms with Crippen LogP contribution in [0.2, 0.25) is 0 Å². The number of pyridine rings is 1. The molecule has 102 valence electrons. The van der Waals surface area contributed by atoms with Crippen LogP contribution in [0.1, 0.15) is 12.8 Å². The Hall–Kier alpha value is -2.18. The van der Waals surface area contributed by atoms with Gasteiger partial charge in [0.05, 0.1) is 24.0 Å². The Bertz CT molecular complexity index is 484. The number of ether oxygens (including phenoxy) is 1. The second-order valence-electron chi connectivity index (χ2n) is 4.41. The molecule has 0 bridgehead atoms. The molecule has 0 spiro atoms. The number of methoxy groups -OCH3 is 1. The van der Waals surface area contributed by atoms with Gasteiger partial charge in [-0.15, -0.1) is 0 Å². The van der Waals surface area contributed by atoms with Gasteiger partial charge in [-0.05, 0) is 12.8 Å². The standard InChI is InChI=1S/C12H15N3O4/c1-19-12(16)9-3-6-14(7-4-9)11-8-10(15(17)18)2-5-13-11/h2,5,8-9H,3-4,6-7H2,1H3. The van der Waals surface area contributed by atoms with Gasteiger partial charge in [0.1, 0.15) is 5.82 Å². The van der Waals surface area contributed by atoms with Gasteiger partial charge in [-0.3, -0.25) is 14.9 Å². The molecule has 0 unspecified atom stereocenters. The minimum absolute atomic E-state index is 0.0279. The average molecular weight is 265 g/mol. The van der Waals surface area contributed by atoms with E-state index in [9.17, 15) is 14.9 Å². The maximum atomic E-state index is 11.4. The van der Waals surface area contributed by atoms with Crippen molar-refractivity contribution in [2.45, 2.75) is 12.8 Å². The summed E-state index contributed by atoms with van der Waals surface area (Å²) >= 11 is 0. The number of rotatable bonds is 3. The van der Waals surface area contributed by atoms with E-state index in [-0.39, 0.29) is 17.6 Å². The number of hydrogen-bond acceptors (Lipinski definition) is 6. The van der Waals surface area contributed by atoms with E-state index in [4.69, 9.17) is 4.74 Å². The van der Waals surface area contributed by atoms with Crippen molar-refractivity contribution < 1.29 is 14.5 Å². The van der Waals surface area contributed by atoms with E-state index in [1.807, 2.05) is 4.90 Å². The van der Waals surface area contributed by atoms with Crippen molar-refractivity contribution in [3.05, 3.63) is 28.4 Å². The van der Waals surface area contributed by atoms with Crippen molar-refractivity contribution in [1.29, 1.82) is 0 Å². The highest BCUT2D eigenvalue weighted by Crippen LogP contribution is 2.24. The molecule has 0 amide bonds. The fraction of sp³-hybridized carbons (Fsp3) is 0.500. The van der Waals surface area contributed by atoms with Gasteiger partial charge in [-0.1, -0.05) is 0 Å². The molecule has 0 aliphatic carbocycles. The van der Waals surface area contributed by atoms with E-state index in [1.54, 1.807) is 0 Å². The number of piperidine rings is 1. The van der Waals surface area contributed by atoms with Crippen LogP contribution in [0, 0.1) is 16.0 Å². The molecule has 0 aromatic carbocycles. The van der Waals surface area contributed by atoms with Crippen LogP contribution >= 0.6 is 0 Å². The first-order valence-corrected chi connectivity index (χ1v) is 6.05. The predicted octanol–water partition coefficient (Wildman–Crippen LogP) is 1.38. The molecule has 2 heterocycles. The maximum absolute atomic E-state index is 11.4. The largest absolute Gasteiger partial charge is 0.469 e. The van der Waals surface area contributed by atoms with E-state index in [2.05, 4.69) is 4.98 Å². The highest BCUT2D eigenvalue weighted by Gasteiger charge is 2.26. The van der Waals surface area contributed by atoms with Crippen LogP contribution in [0.25, 0.3) is 0 Å². The van der Waals surface area contributed by atoms with Gasteiger partial charge in [0.15, 0.2) is 0 Å². The summed E-state index contributed by atoms with van der Waals surface area (Å²) in [6, 6.07) is 2.82. The lowest BCUT2D eigenvalue weighted by Crippen LogP contribution is -2.37. The lowest BCUT2D eigenvalue weighted by molar-refractivity contribution is -0.384. The third-order valence-corrected chi connectivity index (χ3v) is 3.29. The topological polar surface area (TPSA) is 85.6 Å². The van der Waals surface area contributed by atoms with Crippen LogP contribution in [-0.2, 0) is 9.53 Å². The quantitative estimate of drug-likeness (QED) is 0.466. The molecule has 1 aromatic heterocycles. The Balaban J connectivity index is 2.03. The Kier molecular flexibility index (Phi) is 3.94. The number of esters is 1. The first-order chi connectivity index (χ1) is 9.11. The van der Waals surface area contributed by atoms with Gasteiger partial charge in [0.2, 0.25) is 0 Å². The van der Waals surface area contributed by atoms with Gasteiger partial charge in [0, 0.05) is 25.4 Å². The molecule has 0 saturated carbocycles. The van der Waals surface area contributed by atoms with Crippen LogP contribution in [0.15, 0.2) is 18.3 Å². The second kappa shape index (κ2) is 5.64. The van der Waals surface area contributed by atoms with Crippen molar-refractivity contribution in [3.63, 3.8) is 0 Å². The SMILES string of the molecule is COC(=O)C1CCN(c2cc([N+](=O)[O-])ccn2)CC1. The highest BCUT2D eigenvalue weighted by atomic mass is 16.6. The van der Waals surface area contributed by atoms with Crippen molar-refractivity contribution >= 4 is 17.5 Å². The fourth-order valence-electron chi connectivity index (χ4n) is 2.21. The molecular formula is C12H15N3O4. The molecule has 0 atom stereocenters. The molecule has 7 nitrogen and oxygen atoms in total. The summed E-state index contributed by atoms with van der Waals surface area (Å²) in [6.07, 6.45) is 2.79. The Labute approximate surface area is 110 Å². The Morgan fingerprint density at radius 3 is 2.79 bits per heavy atom. The molecule has 0 radical (unpaired) electrons. The van der Waals surface area contributed by atoms with Gasteiger partial charge in [0.25, 0.3) is 5.69 Å². The highest BCUT2D eigenvalue weighted by molar-refractivity contribution is 5.72. The first kappa shape index (κ1) is 13.3. The normalized spacial score (nSPS) is 16.2. The number of carbonyl (C=O) groups excluding carboxylic acids is 1. The molecule has 1 saturated heterocycles. The summed E-state index contributed by atoms with van der Waals surface area (Å²) in [5.41, 5.74) is 0.0279. The number of carbonyl (C=O) groups is 1. The summed E-state index contributed by atoms with van der Waals surface area (Å²) in [7, 11) is 1.39. The Morgan fingerprint density at radius 1 is 1.53 bits per heavy atom. The summed E-state index contributed by atoms with van der Waals surface area (Å²) in [5.74, 6) is 0.309. The van der Waals surface area contributed by atoms with Crippen LogP contribution in [0.4, 0.5) is 11.5 Å². The zero-order chi connectivity index (χ0) is 13.8. The number of hydrogen-bond donors (Lipinski definition) is 0. The number of nitrogens with zero attached hydrogens (tertiary/aromatic N) is 3. The first-order valence-electron chi connectivity index (χ1n) is 6.05. The van der Waals surface area contributed by atoms with E-state index in [0.717, 1.165) is 0 Å². The van der Waals surface area contributed by atoms with Gasteiger partial charge in [-0.25, -0.2) is 4.98 Å². The van der Waals surface area contributed by atoms with Crippen LogP contribution in [0.3, 0.4) is 0 Å². The summed E-state index contributed by atoms with van der Waals surface area (Å²) in [6.45, 7) is 1.29. The molecular weight excluding hydrogens is 250 g/mol. The van der Waals surface area contributed by atoms with Crippen molar-refractivity contribution in [1.82, 2.24) is 4.98 Å². The zero-order valence-electron chi connectivity index (χ0n) is 10.6. The zero-order valence-corrected chi connectivity index (χ0v) is 10.6. The third kappa shape index (κ3) is 2.98. The van der Waals surface area contributed by atoms with E-state index in [1.165, 1.54) is 25.4 Å². The van der Waals surface area contributed by atoms with Crippen molar-refractivity contribution in [2.75, 3.05) is 25.1 Å². The number of nitro groups is 1. The van der Waals surface area contributed by atoms with Gasteiger partial charge in [-0.2, -0.15) is 0 Å². The van der Waals surface area contributed by atoms with E-state index in [0.29, 0.717) is 31.7 Å². The van der Waals surface area contributed by atoms with Crippen LogP contribution in [0.5, 0.6) is 0 Å². The minimum Gasteiger partial charge on any atom is -0.469 e. The molecule has 19 heavy (non-hydrogen) atoms. The molecule has 7 heteroatoms. The Morgan fingerprint density at radius 2 is 2.21 bits per heavy atom. The van der Waals surface area contributed by atoms with Gasteiger partial charge >= 0.3 is 5.97 Å². The third-order valence-electron chi connectivity index (χ3n) is 3.29. The van der Waals surface area contributed by atoms with E-state index >= 15 is 0 Å². The minimum atomic E-state index is -0.438. The molecule has 0 N–H and O–H groups in total. The summed E-state index contributed by atoms with van der Waals surface area (Å²) in [4.78, 5) is 27.8. The fourth-order valence-corrected chi connectivity index (χ4v) is 2.21. The molecule has 1 aliphatic rings. The van der Waals surface area contributed by atoms with Crippen LogP contribution < -0.4 is 4.90 Å². The number of anilines is 1. The maximum Gasteiger partial charge on any atom is 0.308 e. The predicted molar refractivity (Wildman–Crippen MR) is 67.8 cm³/mol. The van der Waals surface area contributed by atoms with Crippen molar-refractivity contribution in [3.8, 4) is 0 Å². The lowest BCUT2D eigenvalue weighted by Gasteiger charge is -2.31. The second-order valence-corrected chi connectivity index (χ2v) is 4.41. The molecule has 1 aromatic rings. The van der Waals surface area contributed by atoms with E-state index < -0.39 is 4.92 Å². The smallest absolute Gasteiger partial charge is 0.308 e.